The minimum absolute atomic E-state index is 0.345. The molecular formula is C8H9BrN6O. The van der Waals surface area contributed by atoms with Crippen LogP contribution < -0.4 is 5.73 Å². The van der Waals surface area contributed by atoms with Crippen molar-refractivity contribution in [3.63, 3.8) is 0 Å². The number of anilines is 1. The van der Waals surface area contributed by atoms with Gasteiger partial charge in [0.05, 0.1) is 23.0 Å². The number of ether oxygens (including phenoxy) is 1. The van der Waals surface area contributed by atoms with Crippen LogP contribution in [0.1, 0.15) is 5.69 Å². The van der Waals surface area contributed by atoms with E-state index < -0.39 is 0 Å². The van der Waals surface area contributed by atoms with Crippen LogP contribution in [-0.2, 0) is 11.3 Å². The highest BCUT2D eigenvalue weighted by Gasteiger charge is 2.12. The Kier molecular flexibility index (Phi) is 3.11. The number of nitrogens with two attached hydrogens (primary N) is 1. The van der Waals surface area contributed by atoms with Crippen molar-refractivity contribution < 1.29 is 4.74 Å². The number of methoxy groups -OCH3 is 1. The summed E-state index contributed by atoms with van der Waals surface area (Å²) in [5.41, 5.74) is 6.96. The lowest BCUT2D eigenvalue weighted by Gasteiger charge is -2.06. The Labute approximate surface area is 99.6 Å². The molecule has 0 aliphatic carbocycles. The first kappa shape index (κ1) is 11.0. The normalized spacial score (nSPS) is 10.6. The molecule has 7 nitrogen and oxygen atoms in total. The lowest BCUT2D eigenvalue weighted by atomic mass is 10.3. The van der Waals surface area contributed by atoms with E-state index in [4.69, 9.17) is 10.5 Å². The molecular weight excluding hydrogens is 276 g/mol. The number of hydrogen-bond acceptors (Lipinski definition) is 6. The average Bonchev–Trinajstić information content (AvgIpc) is 2.78. The van der Waals surface area contributed by atoms with E-state index in [0.29, 0.717) is 34.1 Å². The monoisotopic (exact) mass is 284 g/mol. The Morgan fingerprint density at radius 1 is 1.50 bits per heavy atom. The number of rotatable bonds is 3. The van der Waals surface area contributed by atoms with E-state index in [1.54, 1.807) is 7.11 Å². The van der Waals surface area contributed by atoms with Crippen LogP contribution in [0, 0.1) is 0 Å². The highest BCUT2D eigenvalue weighted by molar-refractivity contribution is 9.10. The van der Waals surface area contributed by atoms with E-state index in [1.165, 1.54) is 6.20 Å². The summed E-state index contributed by atoms with van der Waals surface area (Å²) in [4.78, 5) is 8.38. The van der Waals surface area contributed by atoms with E-state index in [-0.39, 0.29) is 0 Å². The molecule has 0 unspecified atom stereocenters. The Morgan fingerprint density at radius 2 is 2.31 bits per heavy atom. The molecule has 3 N–H and O–H groups in total. The Hall–Kier alpha value is -1.54. The zero-order valence-electron chi connectivity index (χ0n) is 8.44. The predicted molar refractivity (Wildman–Crippen MR) is 60.2 cm³/mol. The van der Waals surface area contributed by atoms with E-state index in [1.807, 2.05) is 0 Å². The number of nitrogen functional groups attached to an aromatic ring is 1. The van der Waals surface area contributed by atoms with Crippen LogP contribution in [0.3, 0.4) is 0 Å². The first-order valence-corrected chi connectivity index (χ1v) is 5.18. The number of aromatic nitrogens is 5. The molecule has 16 heavy (non-hydrogen) atoms. The van der Waals surface area contributed by atoms with Crippen LogP contribution in [0.4, 0.5) is 5.82 Å². The second kappa shape index (κ2) is 4.54. The van der Waals surface area contributed by atoms with Gasteiger partial charge in [-0.2, -0.15) is 15.4 Å². The Morgan fingerprint density at radius 3 is 2.94 bits per heavy atom. The van der Waals surface area contributed by atoms with Gasteiger partial charge in [0, 0.05) is 7.11 Å². The van der Waals surface area contributed by atoms with Gasteiger partial charge in [0.2, 0.25) is 0 Å². The number of H-pyrrole nitrogens is 1. The van der Waals surface area contributed by atoms with Gasteiger partial charge in [-0.3, -0.25) is 0 Å². The SMILES string of the molecule is COCc1nc(-c2cn[nH]n2)nc(N)c1Br. The maximum absolute atomic E-state index is 5.75. The van der Waals surface area contributed by atoms with Crippen molar-refractivity contribution in [3.8, 4) is 11.5 Å². The van der Waals surface area contributed by atoms with Crippen molar-refractivity contribution in [2.75, 3.05) is 12.8 Å². The zero-order valence-corrected chi connectivity index (χ0v) is 10.0. The van der Waals surface area contributed by atoms with Gasteiger partial charge in [0.25, 0.3) is 0 Å². The summed E-state index contributed by atoms with van der Waals surface area (Å²) in [5.74, 6) is 0.765. The van der Waals surface area contributed by atoms with Crippen molar-refractivity contribution in [1.29, 1.82) is 0 Å². The second-order valence-electron chi connectivity index (χ2n) is 2.98. The molecule has 0 amide bonds. The fraction of sp³-hybridized carbons (Fsp3) is 0.250. The van der Waals surface area contributed by atoms with Crippen molar-refractivity contribution in [3.05, 3.63) is 16.4 Å². The summed E-state index contributed by atoms with van der Waals surface area (Å²) in [5, 5.41) is 10.1. The van der Waals surface area contributed by atoms with E-state index in [2.05, 4.69) is 41.3 Å². The zero-order chi connectivity index (χ0) is 11.5. The van der Waals surface area contributed by atoms with Gasteiger partial charge in [-0.05, 0) is 15.9 Å². The molecule has 8 heteroatoms. The standard InChI is InChI=1S/C8H9BrN6O/c1-16-3-5-6(9)7(10)13-8(12-5)4-2-11-15-14-4/h2H,3H2,1H3,(H2,10,12,13)(H,11,14,15). The van der Waals surface area contributed by atoms with Gasteiger partial charge in [-0.15, -0.1) is 0 Å². The molecule has 0 aliphatic rings. The summed E-state index contributed by atoms with van der Waals surface area (Å²) in [6, 6.07) is 0. The summed E-state index contributed by atoms with van der Waals surface area (Å²) >= 11 is 3.30. The van der Waals surface area contributed by atoms with Gasteiger partial charge in [0.1, 0.15) is 11.5 Å². The molecule has 2 rings (SSSR count). The Balaban J connectivity index is 2.48. The molecule has 2 aromatic rings. The average molecular weight is 285 g/mol. The quantitative estimate of drug-likeness (QED) is 0.862. The molecule has 0 bridgehead atoms. The number of hydrogen-bond donors (Lipinski definition) is 2. The summed E-state index contributed by atoms with van der Waals surface area (Å²) in [6.45, 7) is 0.345. The largest absolute Gasteiger partial charge is 0.383 e. The Bertz CT molecular complexity index is 486. The molecule has 0 fully saturated rings. The third-order valence-corrected chi connectivity index (χ3v) is 2.73. The van der Waals surface area contributed by atoms with Crippen molar-refractivity contribution in [2.24, 2.45) is 0 Å². The van der Waals surface area contributed by atoms with Crippen LogP contribution in [0.2, 0.25) is 0 Å². The number of nitrogens with one attached hydrogen (secondary N) is 1. The fourth-order valence-electron chi connectivity index (χ4n) is 1.17. The first-order valence-electron chi connectivity index (χ1n) is 4.39. The van der Waals surface area contributed by atoms with Gasteiger partial charge in [0.15, 0.2) is 5.82 Å². The molecule has 84 valence electrons. The van der Waals surface area contributed by atoms with Crippen molar-refractivity contribution in [1.82, 2.24) is 25.4 Å². The van der Waals surface area contributed by atoms with E-state index in [0.717, 1.165) is 0 Å². The fourth-order valence-corrected chi connectivity index (χ4v) is 1.46. The van der Waals surface area contributed by atoms with Crippen LogP contribution >= 0.6 is 15.9 Å². The van der Waals surface area contributed by atoms with Crippen LogP contribution in [0.5, 0.6) is 0 Å². The lowest BCUT2D eigenvalue weighted by molar-refractivity contribution is 0.181. The maximum Gasteiger partial charge on any atom is 0.184 e. The molecule has 2 heterocycles. The smallest absolute Gasteiger partial charge is 0.184 e. The molecule has 0 spiro atoms. The molecule has 0 atom stereocenters. The minimum atomic E-state index is 0.345. The highest BCUT2D eigenvalue weighted by atomic mass is 79.9. The molecule has 0 saturated carbocycles. The summed E-state index contributed by atoms with van der Waals surface area (Å²) in [6.07, 6.45) is 1.53. The third kappa shape index (κ3) is 2.02. The lowest BCUT2D eigenvalue weighted by Crippen LogP contribution is -2.04. The number of nitrogens with zero attached hydrogens (tertiary/aromatic N) is 4. The van der Waals surface area contributed by atoms with Crippen molar-refractivity contribution in [2.45, 2.75) is 6.61 Å². The topological polar surface area (TPSA) is 103 Å². The predicted octanol–water partition coefficient (Wildman–Crippen LogP) is 0.753. The molecule has 0 aromatic carbocycles. The van der Waals surface area contributed by atoms with Crippen LogP contribution in [0.15, 0.2) is 10.7 Å². The van der Waals surface area contributed by atoms with Gasteiger partial charge < -0.3 is 10.5 Å². The van der Waals surface area contributed by atoms with E-state index >= 15 is 0 Å². The molecule has 0 radical (unpaired) electrons. The third-order valence-electron chi connectivity index (χ3n) is 1.87. The maximum atomic E-state index is 5.75. The summed E-state index contributed by atoms with van der Waals surface area (Å²) in [7, 11) is 1.58. The van der Waals surface area contributed by atoms with Crippen molar-refractivity contribution >= 4 is 21.7 Å². The first-order chi connectivity index (χ1) is 7.72. The van der Waals surface area contributed by atoms with Gasteiger partial charge in [-0.1, -0.05) is 0 Å². The number of halogens is 1. The molecule has 2 aromatic heterocycles. The molecule has 0 aliphatic heterocycles. The highest BCUT2D eigenvalue weighted by Crippen LogP contribution is 2.24. The second-order valence-corrected chi connectivity index (χ2v) is 3.77. The van der Waals surface area contributed by atoms with Gasteiger partial charge >= 0.3 is 0 Å². The van der Waals surface area contributed by atoms with E-state index in [9.17, 15) is 0 Å². The van der Waals surface area contributed by atoms with Gasteiger partial charge in [-0.25, -0.2) is 9.97 Å². The van der Waals surface area contributed by atoms with Crippen LogP contribution in [-0.4, -0.2) is 32.5 Å². The summed E-state index contributed by atoms with van der Waals surface area (Å²) < 4.78 is 5.66. The number of aromatic amines is 1. The minimum Gasteiger partial charge on any atom is -0.383 e. The van der Waals surface area contributed by atoms with Crippen LogP contribution in [0.25, 0.3) is 11.5 Å². The molecule has 0 saturated heterocycles.